The standard InChI is InChI=1S/C31H38N4O6S4/c1-32-17-28(42,24(38)33(2)29(43,18-36)25(32)39)15-22-11-7-20(8-12-22)5-6-21-9-13-23(14-10-21)16-30-26(40)35(4)31(19-37,45-44-30)27(41)34(30)3/h7-14,36-37,42-43H,5-6,15-19H2,1-4H3. The summed E-state index contributed by atoms with van der Waals surface area (Å²) in [6, 6.07) is 16.1. The van der Waals surface area contributed by atoms with Gasteiger partial charge in [0.25, 0.3) is 17.7 Å². The highest BCUT2D eigenvalue weighted by molar-refractivity contribution is 8.78. The highest BCUT2D eigenvalue weighted by atomic mass is 33.1. The lowest BCUT2D eigenvalue weighted by atomic mass is 9.94. The first kappa shape index (κ1) is 34.0. The number of carbonyl (C=O) groups is 4. The van der Waals surface area contributed by atoms with E-state index in [9.17, 15) is 29.4 Å². The maximum atomic E-state index is 13.4. The van der Waals surface area contributed by atoms with Crippen LogP contribution in [0.1, 0.15) is 22.3 Å². The van der Waals surface area contributed by atoms with Gasteiger partial charge in [0, 0.05) is 41.2 Å². The minimum absolute atomic E-state index is 0.0811. The van der Waals surface area contributed by atoms with E-state index < -0.39 is 38.5 Å². The van der Waals surface area contributed by atoms with E-state index in [1.807, 2.05) is 48.5 Å². The van der Waals surface area contributed by atoms with Crippen molar-refractivity contribution < 1.29 is 29.4 Å². The number of aliphatic hydroxyl groups excluding tert-OH is 2. The molecule has 0 spiro atoms. The molecule has 4 aliphatic rings. The molecule has 6 rings (SSSR count). The Hall–Kier alpha value is -2.36. The highest BCUT2D eigenvalue weighted by Gasteiger charge is 2.67. The fraction of sp³-hybridized carbons (Fsp3) is 0.484. The summed E-state index contributed by atoms with van der Waals surface area (Å²) in [5, 5.41) is 19.8. The Morgan fingerprint density at radius 2 is 1.07 bits per heavy atom. The number of amides is 4. The Morgan fingerprint density at radius 1 is 0.622 bits per heavy atom. The van der Waals surface area contributed by atoms with Crippen LogP contribution in [0.25, 0.3) is 0 Å². The normalized spacial score (nSPS) is 30.4. The molecule has 14 heteroatoms. The van der Waals surface area contributed by atoms with Gasteiger partial charge in [0.1, 0.15) is 4.75 Å². The van der Waals surface area contributed by atoms with Crippen molar-refractivity contribution in [3.63, 3.8) is 0 Å². The molecule has 10 nitrogen and oxygen atoms in total. The molecule has 0 aliphatic carbocycles. The van der Waals surface area contributed by atoms with Gasteiger partial charge < -0.3 is 29.8 Å². The first-order valence-electron chi connectivity index (χ1n) is 14.5. The molecule has 4 unspecified atom stereocenters. The van der Waals surface area contributed by atoms with Crippen LogP contribution < -0.4 is 0 Å². The summed E-state index contributed by atoms with van der Waals surface area (Å²) in [6.45, 7) is -0.958. The number of fused-ring (bicyclic) bond motifs is 3. The fourth-order valence-electron chi connectivity index (χ4n) is 6.20. The molecule has 0 aromatic heterocycles. The van der Waals surface area contributed by atoms with E-state index >= 15 is 0 Å². The molecule has 2 N–H and O–H groups in total. The predicted molar refractivity (Wildman–Crippen MR) is 182 cm³/mol. The van der Waals surface area contributed by atoms with Gasteiger partial charge in [-0.15, -0.1) is 12.6 Å². The summed E-state index contributed by atoms with van der Waals surface area (Å²) in [5.41, 5.74) is 4.10. The zero-order valence-electron chi connectivity index (χ0n) is 25.6. The number of hydrogen-bond donors (Lipinski definition) is 4. The van der Waals surface area contributed by atoms with Gasteiger partial charge in [-0.1, -0.05) is 59.3 Å². The second kappa shape index (κ2) is 12.3. The molecule has 0 radical (unpaired) electrons. The van der Waals surface area contributed by atoms with E-state index in [2.05, 4.69) is 12.6 Å². The maximum Gasteiger partial charge on any atom is 0.263 e. The SMILES string of the molecule is CN1CC(S)(Cc2ccc(CCc3ccc(CC45SSC(CO)(C(=O)N4C)N(C)C5=O)cc3)cc2)C(=O)N(C)C(S)(CO)C1=O. The Morgan fingerprint density at radius 3 is 1.58 bits per heavy atom. The van der Waals surface area contributed by atoms with Crippen LogP contribution in [-0.2, 0) is 44.9 Å². The van der Waals surface area contributed by atoms with E-state index in [4.69, 9.17) is 12.6 Å². The summed E-state index contributed by atoms with van der Waals surface area (Å²) < 4.78 is -1.18. The fourth-order valence-corrected chi connectivity index (χ4v) is 10.6. The van der Waals surface area contributed by atoms with Crippen molar-refractivity contribution in [2.24, 2.45) is 0 Å². The van der Waals surface area contributed by atoms with Crippen LogP contribution in [0.3, 0.4) is 0 Å². The smallest absolute Gasteiger partial charge is 0.263 e. The first-order chi connectivity index (χ1) is 21.2. The summed E-state index contributed by atoms with van der Waals surface area (Å²) in [4.78, 5) is 54.2. The van der Waals surface area contributed by atoms with Gasteiger partial charge in [-0.3, -0.25) is 19.2 Å². The van der Waals surface area contributed by atoms with Crippen molar-refractivity contribution in [2.75, 3.05) is 47.9 Å². The largest absolute Gasteiger partial charge is 0.392 e. The van der Waals surface area contributed by atoms with Crippen LogP contribution in [0.2, 0.25) is 0 Å². The molecular formula is C31H38N4O6S4. The monoisotopic (exact) mass is 690 g/mol. The van der Waals surface area contributed by atoms with Crippen LogP contribution >= 0.6 is 46.8 Å². The third-order valence-electron chi connectivity index (χ3n) is 9.25. The molecule has 4 aliphatic heterocycles. The number of nitrogens with zero attached hydrogens (tertiary/aromatic N) is 4. The first-order valence-corrected chi connectivity index (χ1v) is 17.5. The second-order valence-electron chi connectivity index (χ2n) is 12.1. The molecule has 4 heterocycles. The lowest BCUT2D eigenvalue weighted by Crippen LogP contribution is -2.77. The molecule has 4 atom stereocenters. The van der Waals surface area contributed by atoms with Gasteiger partial charge in [-0.25, -0.2) is 0 Å². The minimum Gasteiger partial charge on any atom is -0.392 e. The molecule has 4 fully saturated rings. The third kappa shape index (κ3) is 5.54. The van der Waals surface area contributed by atoms with Crippen LogP contribution in [0.5, 0.6) is 0 Å². The molecular weight excluding hydrogens is 653 g/mol. The molecule has 2 bridgehead atoms. The van der Waals surface area contributed by atoms with E-state index in [0.717, 1.165) is 35.1 Å². The van der Waals surface area contributed by atoms with Crippen molar-refractivity contribution >= 4 is 70.5 Å². The van der Waals surface area contributed by atoms with Gasteiger partial charge in [-0.2, -0.15) is 12.6 Å². The number of rotatable bonds is 9. The average molecular weight is 691 g/mol. The second-order valence-corrected chi connectivity index (χ2v) is 16.4. The zero-order chi connectivity index (χ0) is 32.9. The van der Waals surface area contributed by atoms with E-state index in [1.54, 1.807) is 21.1 Å². The van der Waals surface area contributed by atoms with E-state index in [1.165, 1.54) is 48.2 Å². The number of benzene rings is 2. The van der Waals surface area contributed by atoms with Gasteiger partial charge in [-0.05, 0) is 52.3 Å². The quantitative estimate of drug-likeness (QED) is 0.231. The zero-order valence-corrected chi connectivity index (χ0v) is 29.0. The van der Waals surface area contributed by atoms with Gasteiger partial charge in [0.15, 0.2) is 9.74 Å². The van der Waals surface area contributed by atoms with Crippen LogP contribution in [0.15, 0.2) is 48.5 Å². The summed E-state index contributed by atoms with van der Waals surface area (Å²) >= 11 is 9.11. The average Bonchev–Trinajstić information content (AvgIpc) is 3.08. The Labute approximate surface area is 282 Å². The molecule has 2 aromatic carbocycles. The molecule has 242 valence electrons. The molecule has 2 aromatic rings. The predicted octanol–water partition coefficient (Wildman–Crippen LogP) is 1.48. The number of aliphatic hydroxyl groups is 2. The Balaban J connectivity index is 1.21. The number of thiol groups is 2. The number of carbonyl (C=O) groups excluding carboxylic acids is 4. The number of likely N-dealkylation sites (N-methyl/N-ethyl adjacent to an activating group) is 4. The third-order valence-corrected chi connectivity index (χ3v) is 14.1. The van der Waals surface area contributed by atoms with Crippen LogP contribution in [0.4, 0.5) is 0 Å². The number of piperazine rings is 1. The van der Waals surface area contributed by atoms with Crippen molar-refractivity contribution in [1.29, 1.82) is 0 Å². The molecule has 45 heavy (non-hydrogen) atoms. The van der Waals surface area contributed by atoms with E-state index in [0.29, 0.717) is 12.8 Å². The Kier molecular flexibility index (Phi) is 9.32. The summed E-state index contributed by atoms with van der Waals surface area (Å²) in [5.74, 6) is -1.28. The number of aryl methyl sites for hydroxylation is 2. The van der Waals surface area contributed by atoms with Crippen molar-refractivity contribution in [1.82, 2.24) is 19.6 Å². The van der Waals surface area contributed by atoms with Crippen molar-refractivity contribution in [3.8, 4) is 0 Å². The van der Waals surface area contributed by atoms with Gasteiger partial charge in [0.2, 0.25) is 10.8 Å². The topological polar surface area (TPSA) is 122 Å². The van der Waals surface area contributed by atoms with Gasteiger partial charge in [0.05, 0.1) is 13.2 Å². The Bertz CT molecular complexity index is 1510. The molecule has 4 saturated heterocycles. The van der Waals surface area contributed by atoms with Crippen molar-refractivity contribution in [3.05, 3.63) is 70.8 Å². The lowest BCUT2D eigenvalue weighted by molar-refractivity contribution is -0.165. The van der Waals surface area contributed by atoms with Gasteiger partial charge >= 0.3 is 0 Å². The van der Waals surface area contributed by atoms with Crippen LogP contribution in [0, 0.1) is 0 Å². The minimum atomic E-state index is -1.64. The maximum absolute atomic E-state index is 13.4. The van der Waals surface area contributed by atoms with Crippen LogP contribution in [-0.4, -0.2) is 121 Å². The number of hydrogen-bond acceptors (Lipinski definition) is 10. The summed E-state index contributed by atoms with van der Waals surface area (Å²) in [7, 11) is 8.86. The highest BCUT2D eigenvalue weighted by Crippen LogP contribution is 2.58. The van der Waals surface area contributed by atoms with Crippen molar-refractivity contribution in [2.45, 2.75) is 45.0 Å². The van der Waals surface area contributed by atoms with E-state index in [-0.39, 0.29) is 24.3 Å². The summed E-state index contributed by atoms with van der Waals surface area (Å²) in [6.07, 6.45) is 2.26. The molecule has 0 saturated carbocycles. The molecule has 4 amide bonds. The lowest BCUT2D eigenvalue weighted by Gasteiger charge is -2.58.